The van der Waals surface area contributed by atoms with Crippen molar-refractivity contribution in [3.8, 4) is 0 Å². The maximum atomic E-state index is 11.2. The van der Waals surface area contributed by atoms with Gasteiger partial charge in [-0.15, -0.1) is 0 Å². The first-order chi connectivity index (χ1) is 8.81. The van der Waals surface area contributed by atoms with Crippen molar-refractivity contribution in [1.82, 2.24) is 0 Å². The summed E-state index contributed by atoms with van der Waals surface area (Å²) < 4.78 is 5.39. The lowest BCUT2D eigenvalue weighted by Crippen LogP contribution is -2.39. The smallest absolute Gasteiger partial charge is 0.302 e. The van der Waals surface area contributed by atoms with Gasteiger partial charge in [-0.25, -0.2) is 0 Å². The van der Waals surface area contributed by atoms with Crippen LogP contribution >= 0.6 is 0 Å². The normalized spacial score (nSPS) is 51.6. The average molecular weight is 260 g/mol. The highest BCUT2D eigenvalue weighted by molar-refractivity contribution is 5.66. The summed E-state index contributed by atoms with van der Waals surface area (Å²) in [6.45, 7) is 9.36. The number of carbonyl (C=O) groups excluding carboxylic acids is 1. The van der Waals surface area contributed by atoms with E-state index < -0.39 is 0 Å². The Balaban J connectivity index is 1.76. The van der Waals surface area contributed by atoms with E-state index in [0.717, 1.165) is 0 Å². The molecule has 0 aromatic heterocycles. The van der Waals surface area contributed by atoms with Crippen LogP contribution in [0.25, 0.3) is 0 Å². The molecule has 4 aliphatic rings. The van der Waals surface area contributed by atoms with Crippen LogP contribution in [0, 0.1) is 27.6 Å². The highest BCUT2D eigenvalue weighted by Gasteiger charge is 2.90. The van der Waals surface area contributed by atoms with Crippen molar-refractivity contribution in [1.29, 1.82) is 0 Å². The van der Waals surface area contributed by atoms with E-state index in [4.69, 9.17) is 4.74 Å². The number of rotatable bonds is 2. The lowest BCUT2D eigenvalue weighted by molar-refractivity contribution is -0.144. The predicted octanol–water partition coefficient (Wildman–Crippen LogP) is 3.71. The summed E-state index contributed by atoms with van der Waals surface area (Å²) in [6.07, 6.45) is 7.96. The Morgan fingerprint density at radius 3 is 2.84 bits per heavy atom. The fraction of sp³-hybridized carbons (Fsp3) is 0.824. The van der Waals surface area contributed by atoms with Gasteiger partial charge in [0, 0.05) is 18.3 Å². The number of hydrogen-bond acceptors (Lipinski definition) is 2. The third kappa shape index (κ3) is 0.966. The van der Waals surface area contributed by atoms with Crippen molar-refractivity contribution in [3.63, 3.8) is 0 Å². The SMILES string of the molecule is CC(=O)OCC1CC23CC[C@@]14C(C)=CC(C)(C)[C@]24C3. The molecule has 0 radical (unpaired) electrons. The van der Waals surface area contributed by atoms with Crippen LogP contribution in [-0.4, -0.2) is 12.6 Å². The van der Waals surface area contributed by atoms with E-state index in [1.54, 1.807) is 5.57 Å². The number of allylic oxidation sites excluding steroid dienone is 2. The van der Waals surface area contributed by atoms with Gasteiger partial charge in [-0.2, -0.15) is 0 Å². The Morgan fingerprint density at radius 2 is 2.16 bits per heavy atom. The van der Waals surface area contributed by atoms with Gasteiger partial charge in [-0.3, -0.25) is 4.79 Å². The van der Waals surface area contributed by atoms with Crippen LogP contribution < -0.4 is 0 Å². The van der Waals surface area contributed by atoms with Gasteiger partial charge in [0.25, 0.3) is 0 Å². The molecule has 2 nitrogen and oxygen atoms in total. The van der Waals surface area contributed by atoms with E-state index in [1.165, 1.54) is 32.6 Å². The third-order valence-corrected chi connectivity index (χ3v) is 7.35. The van der Waals surface area contributed by atoms with Gasteiger partial charge < -0.3 is 4.74 Å². The summed E-state index contributed by atoms with van der Waals surface area (Å²) in [5.74, 6) is 0.440. The van der Waals surface area contributed by atoms with Gasteiger partial charge >= 0.3 is 5.97 Å². The second kappa shape index (κ2) is 2.94. The van der Waals surface area contributed by atoms with E-state index in [-0.39, 0.29) is 5.97 Å². The molecule has 0 amide bonds. The molecule has 2 heteroatoms. The van der Waals surface area contributed by atoms with E-state index in [2.05, 4.69) is 26.8 Å². The molecule has 0 N–H and O–H groups in total. The molecule has 3 fully saturated rings. The predicted molar refractivity (Wildman–Crippen MR) is 73.4 cm³/mol. The molecule has 0 saturated heterocycles. The van der Waals surface area contributed by atoms with Crippen LogP contribution in [0.2, 0.25) is 0 Å². The van der Waals surface area contributed by atoms with Gasteiger partial charge in [0.2, 0.25) is 0 Å². The first-order valence-corrected chi connectivity index (χ1v) is 7.65. The van der Waals surface area contributed by atoms with E-state index in [9.17, 15) is 4.79 Å². The fourth-order valence-electron chi connectivity index (χ4n) is 7.15. The summed E-state index contributed by atoms with van der Waals surface area (Å²) in [5, 5.41) is 0. The van der Waals surface area contributed by atoms with Gasteiger partial charge in [0.05, 0.1) is 6.61 Å². The minimum absolute atomic E-state index is 0.127. The lowest BCUT2D eigenvalue weighted by Gasteiger charge is -2.43. The third-order valence-electron chi connectivity index (χ3n) is 7.35. The molecule has 1 spiro atoms. The number of esters is 1. The molecule has 104 valence electrons. The molecule has 0 heterocycles. The topological polar surface area (TPSA) is 26.3 Å². The first kappa shape index (κ1) is 12.0. The fourth-order valence-corrected chi connectivity index (χ4v) is 7.15. The highest BCUT2D eigenvalue weighted by atomic mass is 16.5. The maximum absolute atomic E-state index is 11.2. The van der Waals surface area contributed by atoms with Crippen molar-refractivity contribution in [2.75, 3.05) is 6.61 Å². The maximum Gasteiger partial charge on any atom is 0.302 e. The largest absolute Gasteiger partial charge is 0.466 e. The van der Waals surface area contributed by atoms with Gasteiger partial charge in [0.15, 0.2) is 0 Å². The Labute approximate surface area is 115 Å². The summed E-state index contributed by atoms with van der Waals surface area (Å²) in [6, 6.07) is 0. The van der Waals surface area contributed by atoms with Crippen molar-refractivity contribution in [3.05, 3.63) is 11.6 Å². The molecule has 0 aliphatic heterocycles. The van der Waals surface area contributed by atoms with Gasteiger partial charge in [-0.1, -0.05) is 25.5 Å². The van der Waals surface area contributed by atoms with Crippen LogP contribution in [-0.2, 0) is 9.53 Å². The summed E-state index contributed by atoms with van der Waals surface area (Å²) >= 11 is 0. The minimum atomic E-state index is -0.127. The molecular formula is C17H24O2. The number of carbonyl (C=O) groups is 1. The average Bonchev–Trinajstić information content (AvgIpc) is 2.73. The molecular weight excluding hydrogens is 236 g/mol. The second-order valence-electron chi connectivity index (χ2n) is 8.09. The van der Waals surface area contributed by atoms with Gasteiger partial charge in [-0.05, 0) is 48.9 Å². The lowest BCUT2D eigenvalue weighted by atomic mass is 9.61. The van der Waals surface area contributed by atoms with Crippen molar-refractivity contribution in [2.45, 2.75) is 53.4 Å². The van der Waals surface area contributed by atoms with Crippen molar-refractivity contribution in [2.24, 2.45) is 27.6 Å². The van der Waals surface area contributed by atoms with E-state index >= 15 is 0 Å². The monoisotopic (exact) mass is 260 g/mol. The van der Waals surface area contributed by atoms with E-state index in [1.807, 2.05) is 0 Å². The Hall–Kier alpha value is -0.790. The molecule has 2 bridgehead atoms. The molecule has 4 rings (SSSR count). The van der Waals surface area contributed by atoms with Crippen LogP contribution in [0.1, 0.15) is 53.4 Å². The second-order valence-corrected chi connectivity index (χ2v) is 8.09. The standard InChI is InChI=1S/C17H24O2/c1-11-7-14(3,4)17-10-15(17)5-6-16(11,17)13(8-15)9-19-12(2)18/h7,13H,5-6,8-10H2,1-4H3/t13?,15?,16-,17-/m1/s1. The van der Waals surface area contributed by atoms with Gasteiger partial charge in [0.1, 0.15) is 0 Å². The van der Waals surface area contributed by atoms with Crippen LogP contribution in [0.4, 0.5) is 0 Å². The summed E-state index contributed by atoms with van der Waals surface area (Å²) in [4.78, 5) is 11.2. The Morgan fingerprint density at radius 1 is 1.42 bits per heavy atom. The van der Waals surface area contributed by atoms with Crippen molar-refractivity contribution < 1.29 is 9.53 Å². The minimum Gasteiger partial charge on any atom is -0.466 e. The molecule has 0 aromatic rings. The first-order valence-electron chi connectivity index (χ1n) is 7.65. The zero-order chi connectivity index (χ0) is 13.7. The Kier molecular flexibility index (Phi) is 1.86. The molecule has 4 atom stereocenters. The summed E-state index contributed by atoms with van der Waals surface area (Å²) in [7, 11) is 0. The molecule has 3 saturated carbocycles. The zero-order valence-electron chi connectivity index (χ0n) is 12.5. The van der Waals surface area contributed by atoms with Crippen LogP contribution in [0.15, 0.2) is 11.6 Å². The Bertz CT molecular complexity index is 517. The number of hydrogen-bond donors (Lipinski definition) is 0. The molecule has 0 aromatic carbocycles. The quantitative estimate of drug-likeness (QED) is 0.559. The van der Waals surface area contributed by atoms with Crippen LogP contribution in [0.3, 0.4) is 0 Å². The number of ether oxygens (including phenoxy) is 1. The van der Waals surface area contributed by atoms with Crippen LogP contribution in [0.5, 0.6) is 0 Å². The van der Waals surface area contributed by atoms with Crippen molar-refractivity contribution >= 4 is 5.97 Å². The highest BCUT2D eigenvalue weighted by Crippen LogP contribution is 2.97. The molecule has 4 aliphatic carbocycles. The summed E-state index contributed by atoms with van der Waals surface area (Å²) in [5.41, 5.74) is 3.36. The zero-order valence-corrected chi connectivity index (χ0v) is 12.5. The molecule has 19 heavy (non-hydrogen) atoms. The molecule has 2 unspecified atom stereocenters. The van der Waals surface area contributed by atoms with E-state index in [0.29, 0.717) is 34.2 Å².